The SMILES string of the molecule is COC(=O)c1ccsc1NC(=O)c1cc2ccccc2cc1OC. The van der Waals surface area contributed by atoms with Gasteiger partial charge in [-0.05, 0) is 34.4 Å². The van der Waals surface area contributed by atoms with E-state index in [2.05, 4.69) is 5.32 Å². The summed E-state index contributed by atoms with van der Waals surface area (Å²) < 4.78 is 10.1. The molecule has 0 atom stereocenters. The molecule has 0 unspecified atom stereocenters. The van der Waals surface area contributed by atoms with E-state index in [0.717, 1.165) is 10.8 Å². The number of thiophene rings is 1. The van der Waals surface area contributed by atoms with Gasteiger partial charge in [-0.15, -0.1) is 11.3 Å². The van der Waals surface area contributed by atoms with Crippen molar-refractivity contribution in [3.8, 4) is 5.75 Å². The number of rotatable bonds is 4. The zero-order valence-corrected chi connectivity index (χ0v) is 14.0. The van der Waals surface area contributed by atoms with Crippen LogP contribution in [0.2, 0.25) is 0 Å². The number of amides is 1. The lowest BCUT2D eigenvalue weighted by Crippen LogP contribution is -2.14. The largest absolute Gasteiger partial charge is 0.496 e. The van der Waals surface area contributed by atoms with Gasteiger partial charge in [-0.1, -0.05) is 24.3 Å². The van der Waals surface area contributed by atoms with Crippen LogP contribution in [0.4, 0.5) is 5.00 Å². The maximum absolute atomic E-state index is 12.7. The molecule has 0 aliphatic carbocycles. The summed E-state index contributed by atoms with van der Waals surface area (Å²) >= 11 is 1.26. The number of nitrogens with one attached hydrogen (secondary N) is 1. The van der Waals surface area contributed by atoms with Gasteiger partial charge in [-0.25, -0.2) is 4.79 Å². The molecular formula is C18H15NO4S. The summed E-state index contributed by atoms with van der Waals surface area (Å²) in [5.74, 6) is -0.357. The van der Waals surface area contributed by atoms with Gasteiger partial charge in [0.05, 0.1) is 25.3 Å². The Hall–Kier alpha value is -2.86. The smallest absolute Gasteiger partial charge is 0.340 e. The van der Waals surface area contributed by atoms with E-state index in [1.807, 2.05) is 30.3 Å². The average molecular weight is 341 g/mol. The van der Waals surface area contributed by atoms with Crippen molar-refractivity contribution in [1.82, 2.24) is 0 Å². The van der Waals surface area contributed by atoms with Crippen LogP contribution >= 0.6 is 11.3 Å². The number of anilines is 1. The Morgan fingerprint density at radius 3 is 2.38 bits per heavy atom. The van der Waals surface area contributed by atoms with E-state index in [-0.39, 0.29) is 5.91 Å². The van der Waals surface area contributed by atoms with E-state index in [1.165, 1.54) is 25.6 Å². The van der Waals surface area contributed by atoms with Crippen LogP contribution in [0, 0.1) is 0 Å². The lowest BCUT2D eigenvalue weighted by atomic mass is 10.1. The number of carbonyl (C=O) groups is 2. The molecule has 0 saturated carbocycles. The molecule has 1 aromatic heterocycles. The molecule has 0 fully saturated rings. The molecule has 0 radical (unpaired) electrons. The number of benzene rings is 2. The Bertz CT molecular complexity index is 916. The molecule has 0 bridgehead atoms. The topological polar surface area (TPSA) is 64.6 Å². The highest BCUT2D eigenvalue weighted by atomic mass is 32.1. The van der Waals surface area contributed by atoms with Crippen molar-refractivity contribution in [3.63, 3.8) is 0 Å². The van der Waals surface area contributed by atoms with Gasteiger partial charge < -0.3 is 14.8 Å². The van der Waals surface area contributed by atoms with Crippen LogP contribution < -0.4 is 10.1 Å². The lowest BCUT2D eigenvalue weighted by Gasteiger charge is -2.11. The second-order valence-corrected chi connectivity index (χ2v) is 5.92. The Balaban J connectivity index is 1.97. The van der Waals surface area contributed by atoms with Gasteiger partial charge in [0.2, 0.25) is 0 Å². The zero-order chi connectivity index (χ0) is 17.1. The highest BCUT2D eigenvalue weighted by molar-refractivity contribution is 7.14. The number of esters is 1. The van der Waals surface area contributed by atoms with Crippen molar-refractivity contribution in [1.29, 1.82) is 0 Å². The van der Waals surface area contributed by atoms with E-state index in [9.17, 15) is 9.59 Å². The van der Waals surface area contributed by atoms with Crippen molar-refractivity contribution < 1.29 is 19.1 Å². The predicted octanol–water partition coefficient (Wildman–Crippen LogP) is 3.95. The van der Waals surface area contributed by atoms with Gasteiger partial charge >= 0.3 is 5.97 Å². The molecule has 1 amide bonds. The summed E-state index contributed by atoms with van der Waals surface area (Å²) in [7, 11) is 2.82. The number of carbonyl (C=O) groups excluding carboxylic acids is 2. The van der Waals surface area contributed by atoms with E-state index < -0.39 is 5.97 Å². The highest BCUT2D eigenvalue weighted by Crippen LogP contribution is 2.29. The second-order valence-electron chi connectivity index (χ2n) is 5.01. The Kier molecular flexibility index (Phi) is 4.48. The van der Waals surface area contributed by atoms with Crippen LogP contribution in [0.5, 0.6) is 5.75 Å². The summed E-state index contributed by atoms with van der Waals surface area (Å²) in [5.41, 5.74) is 0.732. The van der Waals surface area contributed by atoms with Crippen LogP contribution in [-0.4, -0.2) is 26.1 Å². The van der Waals surface area contributed by atoms with Crippen molar-refractivity contribution >= 4 is 39.0 Å². The number of hydrogen-bond acceptors (Lipinski definition) is 5. The summed E-state index contributed by atoms with van der Waals surface area (Å²) in [6.45, 7) is 0. The number of methoxy groups -OCH3 is 2. The third-order valence-electron chi connectivity index (χ3n) is 3.61. The first-order valence-electron chi connectivity index (χ1n) is 7.18. The number of fused-ring (bicyclic) bond motifs is 1. The van der Waals surface area contributed by atoms with Crippen molar-refractivity contribution in [2.75, 3.05) is 19.5 Å². The van der Waals surface area contributed by atoms with E-state index in [1.54, 1.807) is 17.5 Å². The molecule has 5 nitrogen and oxygen atoms in total. The molecule has 0 spiro atoms. The van der Waals surface area contributed by atoms with Crippen LogP contribution in [0.25, 0.3) is 10.8 Å². The third kappa shape index (κ3) is 2.96. The fraction of sp³-hybridized carbons (Fsp3) is 0.111. The summed E-state index contributed by atoms with van der Waals surface area (Å²) in [6, 6.07) is 12.9. The second kappa shape index (κ2) is 6.72. The molecule has 0 saturated heterocycles. The van der Waals surface area contributed by atoms with Crippen LogP contribution in [0.15, 0.2) is 47.8 Å². The normalized spacial score (nSPS) is 10.4. The minimum atomic E-state index is -0.489. The highest BCUT2D eigenvalue weighted by Gasteiger charge is 2.19. The standard InChI is InChI=1S/C18H15NO4S/c1-22-15-10-12-6-4-3-5-11(12)9-14(15)16(20)19-17-13(7-8-24-17)18(21)23-2/h3-10H,1-2H3,(H,19,20). The molecule has 0 aliphatic rings. The van der Waals surface area contributed by atoms with Crippen LogP contribution in [-0.2, 0) is 4.74 Å². The Labute approximate surface area is 142 Å². The minimum absolute atomic E-state index is 0.329. The first-order valence-corrected chi connectivity index (χ1v) is 8.06. The molecular weight excluding hydrogens is 326 g/mol. The van der Waals surface area contributed by atoms with Crippen molar-refractivity contribution in [2.45, 2.75) is 0 Å². The van der Waals surface area contributed by atoms with Gasteiger partial charge in [0.15, 0.2) is 0 Å². The Morgan fingerprint density at radius 2 is 1.71 bits per heavy atom. The van der Waals surface area contributed by atoms with Gasteiger partial charge in [-0.3, -0.25) is 4.79 Å². The molecule has 1 heterocycles. The number of hydrogen-bond donors (Lipinski definition) is 1. The van der Waals surface area contributed by atoms with Crippen LogP contribution in [0.1, 0.15) is 20.7 Å². The lowest BCUT2D eigenvalue weighted by molar-refractivity contribution is 0.0602. The zero-order valence-electron chi connectivity index (χ0n) is 13.2. The molecule has 6 heteroatoms. The maximum Gasteiger partial charge on any atom is 0.340 e. The fourth-order valence-electron chi connectivity index (χ4n) is 2.41. The predicted molar refractivity (Wildman–Crippen MR) is 94.1 cm³/mol. The van der Waals surface area contributed by atoms with E-state index in [4.69, 9.17) is 9.47 Å². The van der Waals surface area contributed by atoms with Crippen LogP contribution in [0.3, 0.4) is 0 Å². The summed E-state index contributed by atoms with van der Waals surface area (Å²) in [4.78, 5) is 24.4. The summed E-state index contributed by atoms with van der Waals surface area (Å²) in [6.07, 6.45) is 0. The van der Waals surface area contributed by atoms with Crippen molar-refractivity contribution in [3.05, 3.63) is 59.0 Å². The third-order valence-corrected chi connectivity index (χ3v) is 4.44. The van der Waals surface area contributed by atoms with E-state index >= 15 is 0 Å². The van der Waals surface area contributed by atoms with E-state index in [0.29, 0.717) is 21.9 Å². The quantitative estimate of drug-likeness (QED) is 0.730. The Morgan fingerprint density at radius 1 is 1.00 bits per heavy atom. The van der Waals surface area contributed by atoms with Crippen molar-refractivity contribution in [2.24, 2.45) is 0 Å². The monoisotopic (exact) mass is 341 g/mol. The molecule has 1 N–H and O–H groups in total. The summed E-state index contributed by atoms with van der Waals surface area (Å²) in [5, 5.41) is 6.85. The molecule has 24 heavy (non-hydrogen) atoms. The average Bonchev–Trinajstić information content (AvgIpc) is 3.07. The van der Waals surface area contributed by atoms with Gasteiger partial charge in [0.25, 0.3) is 5.91 Å². The number of ether oxygens (including phenoxy) is 2. The first-order chi connectivity index (χ1) is 11.6. The molecule has 3 aromatic rings. The molecule has 122 valence electrons. The first kappa shape index (κ1) is 16.0. The van der Waals surface area contributed by atoms with Gasteiger partial charge in [-0.2, -0.15) is 0 Å². The van der Waals surface area contributed by atoms with Gasteiger partial charge in [0, 0.05) is 0 Å². The molecule has 2 aromatic carbocycles. The fourth-order valence-corrected chi connectivity index (χ4v) is 3.18. The molecule has 3 rings (SSSR count). The minimum Gasteiger partial charge on any atom is -0.496 e. The molecule has 0 aliphatic heterocycles. The van der Waals surface area contributed by atoms with Gasteiger partial charge in [0.1, 0.15) is 10.8 Å². The maximum atomic E-state index is 12.7.